The molecule has 1 unspecified atom stereocenters. The molecule has 1 aliphatic rings. The van der Waals surface area contributed by atoms with Crippen LogP contribution >= 0.6 is 0 Å². The Bertz CT molecular complexity index is 460. The number of piperazine rings is 1. The molecule has 3 nitrogen and oxygen atoms in total. The van der Waals surface area contributed by atoms with Gasteiger partial charge in [-0.2, -0.15) is 0 Å². The Morgan fingerprint density at radius 1 is 1.21 bits per heavy atom. The second-order valence-corrected chi connectivity index (χ2v) is 6.27. The predicted octanol–water partition coefficient (Wildman–Crippen LogP) is 5.17. The summed E-state index contributed by atoms with van der Waals surface area (Å²) >= 11 is 0. The van der Waals surface area contributed by atoms with Crippen LogP contribution in [0, 0.1) is 12.8 Å². The van der Waals surface area contributed by atoms with Gasteiger partial charge in [-0.05, 0) is 52.3 Å². The molecule has 138 valence electrons. The van der Waals surface area contributed by atoms with Crippen LogP contribution in [0.5, 0.6) is 0 Å². The first kappa shape index (κ1) is 22.6. The van der Waals surface area contributed by atoms with Crippen molar-refractivity contribution in [3.8, 4) is 0 Å². The maximum absolute atomic E-state index is 4.53. The average Bonchev–Trinajstić information content (AvgIpc) is 2.63. The largest absolute Gasteiger partial charge is 0.354 e. The van der Waals surface area contributed by atoms with Crippen molar-refractivity contribution >= 4 is 5.82 Å². The highest BCUT2D eigenvalue weighted by Gasteiger charge is 2.14. The van der Waals surface area contributed by atoms with Gasteiger partial charge in [0, 0.05) is 31.9 Å². The maximum atomic E-state index is 4.53. The number of hydrogen-bond acceptors (Lipinski definition) is 3. The number of likely N-dealkylation sites (N-methyl/N-ethyl adjacent to an activating group) is 1. The first-order valence-electron chi connectivity index (χ1n) is 9.47. The summed E-state index contributed by atoms with van der Waals surface area (Å²) in [6.45, 7) is 19.3. The highest BCUT2D eigenvalue weighted by Crippen LogP contribution is 2.13. The van der Waals surface area contributed by atoms with Gasteiger partial charge >= 0.3 is 0 Å². The van der Waals surface area contributed by atoms with Gasteiger partial charge in [0.2, 0.25) is 0 Å². The number of aryl methyl sites for hydroxylation is 1. The molecule has 0 aliphatic carbocycles. The Morgan fingerprint density at radius 3 is 2.21 bits per heavy atom. The quantitative estimate of drug-likeness (QED) is 0.712. The van der Waals surface area contributed by atoms with Gasteiger partial charge in [-0.15, -0.1) is 0 Å². The Hall–Kier alpha value is -1.35. The lowest BCUT2D eigenvalue weighted by Crippen LogP contribution is -2.44. The van der Waals surface area contributed by atoms with Crippen LogP contribution in [0.2, 0.25) is 0 Å². The number of nitrogens with zero attached hydrogens (tertiary/aromatic N) is 3. The third-order valence-electron chi connectivity index (χ3n) is 4.55. The molecule has 2 heterocycles. The van der Waals surface area contributed by atoms with Crippen LogP contribution in [0.1, 0.15) is 53.7 Å². The van der Waals surface area contributed by atoms with Gasteiger partial charge in [-0.1, -0.05) is 45.4 Å². The van der Waals surface area contributed by atoms with Crippen molar-refractivity contribution in [2.45, 2.75) is 54.9 Å². The summed E-state index contributed by atoms with van der Waals surface area (Å²) in [6.07, 6.45) is 3.45. The minimum atomic E-state index is 0.778. The second kappa shape index (κ2) is 13.0. The molecule has 1 aromatic heterocycles. The summed E-state index contributed by atoms with van der Waals surface area (Å²) in [6, 6.07) is 6.22. The topological polar surface area (TPSA) is 19.4 Å². The normalized spacial score (nSPS) is 16.5. The zero-order chi connectivity index (χ0) is 18.5. The molecule has 0 aromatic carbocycles. The smallest absolute Gasteiger partial charge is 0.128 e. The van der Waals surface area contributed by atoms with E-state index in [1.807, 2.05) is 26.8 Å². The molecule has 24 heavy (non-hydrogen) atoms. The Balaban J connectivity index is 0.000000456. The zero-order valence-corrected chi connectivity index (χ0v) is 17.3. The third kappa shape index (κ3) is 8.49. The van der Waals surface area contributed by atoms with Gasteiger partial charge in [0.05, 0.1) is 0 Å². The first-order valence-corrected chi connectivity index (χ1v) is 9.47. The fraction of sp³-hybridized carbons (Fsp3) is 0.667. The number of allylic oxidation sites excluding steroid dienone is 2. The summed E-state index contributed by atoms with van der Waals surface area (Å²) in [5, 5.41) is 0. The molecule has 0 saturated carbocycles. The van der Waals surface area contributed by atoms with Gasteiger partial charge in [0.15, 0.2) is 0 Å². The number of anilines is 1. The Morgan fingerprint density at radius 2 is 1.79 bits per heavy atom. The molecule has 1 saturated heterocycles. The van der Waals surface area contributed by atoms with Crippen molar-refractivity contribution in [1.82, 2.24) is 9.88 Å². The number of pyridine rings is 1. The van der Waals surface area contributed by atoms with Crippen LogP contribution in [-0.2, 0) is 0 Å². The van der Waals surface area contributed by atoms with Gasteiger partial charge in [-0.25, -0.2) is 4.98 Å². The Labute approximate surface area is 150 Å². The standard InChI is InChI=1S/C11H17N3.C8H16.C2H6/c1-10-4-3-5-11(12-10)14-8-6-13(2)7-9-14;1-5-7(3)8(4)6-2;1-2/h3-5H,6-9H2,1-2H3;5,8H,6H2,1-4H3;1-2H3/b;7-5+;. The van der Waals surface area contributed by atoms with Crippen LogP contribution in [-0.4, -0.2) is 43.1 Å². The van der Waals surface area contributed by atoms with Gasteiger partial charge in [0.1, 0.15) is 5.82 Å². The molecule has 1 aliphatic heterocycles. The van der Waals surface area contributed by atoms with Crippen molar-refractivity contribution < 1.29 is 0 Å². The zero-order valence-electron chi connectivity index (χ0n) is 17.3. The van der Waals surface area contributed by atoms with E-state index in [0.717, 1.165) is 43.6 Å². The maximum Gasteiger partial charge on any atom is 0.128 e. The molecule has 0 spiro atoms. The van der Waals surface area contributed by atoms with Crippen molar-refractivity contribution in [3.63, 3.8) is 0 Å². The van der Waals surface area contributed by atoms with Crippen LogP contribution in [0.15, 0.2) is 29.8 Å². The van der Waals surface area contributed by atoms with Crippen molar-refractivity contribution in [2.24, 2.45) is 5.92 Å². The van der Waals surface area contributed by atoms with E-state index in [9.17, 15) is 0 Å². The molecular weight excluding hydrogens is 294 g/mol. The fourth-order valence-corrected chi connectivity index (χ4v) is 2.35. The lowest BCUT2D eigenvalue weighted by molar-refractivity contribution is 0.312. The van der Waals surface area contributed by atoms with E-state index in [1.54, 1.807) is 0 Å². The van der Waals surface area contributed by atoms with Gasteiger partial charge in [-0.3, -0.25) is 0 Å². The molecule has 0 N–H and O–H groups in total. The average molecular weight is 334 g/mol. The number of aromatic nitrogens is 1. The summed E-state index contributed by atoms with van der Waals surface area (Å²) in [5.41, 5.74) is 2.61. The summed E-state index contributed by atoms with van der Waals surface area (Å²) in [5.74, 6) is 1.90. The number of hydrogen-bond donors (Lipinski definition) is 0. The predicted molar refractivity (Wildman–Crippen MR) is 109 cm³/mol. The van der Waals surface area contributed by atoms with Crippen LogP contribution in [0.25, 0.3) is 0 Å². The SMILES string of the molecule is C/C=C(\C)C(C)CC.CC.Cc1cccc(N2CCN(C)CC2)n1. The van der Waals surface area contributed by atoms with Crippen LogP contribution < -0.4 is 4.90 Å². The molecule has 2 rings (SSSR count). The van der Waals surface area contributed by atoms with E-state index >= 15 is 0 Å². The van der Waals surface area contributed by atoms with Crippen molar-refractivity contribution in [1.29, 1.82) is 0 Å². The highest BCUT2D eigenvalue weighted by molar-refractivity contribution is 5.39. The van der Waals surface area contributed by atoms with E-state index in [0.29, 0.717) is 0 Å². The number of rotatable bonds is 3. The molecule has 0 bridgehead atoms. The van der Waals surface area contributed by atoms with Crippen molar-refractivity contribution in [2.75, 3.05) is 38.1 Å². The molecule has 1 atom stereocenters. The summed E-state index contributed by atoms with van der Waals surface area (Å²) in [7, 11) is 2.17. The minimum absolute atomic E-state index is 0.778. The summed E-state index contributed by atoms with van der Waals surface area (Å²) < 4.78 is 0. The second-order valence-electron chi connectivity index (χ2n) is 6.27. The van der Waals surface area contributed by atoms with Gasteiger partial charge in [0.25, 0.3) is 0 Å². The molecular formula is C21H39N3. The third-order valence-corrected chi connectivity index (χ3v) is 4.55. The lowest BCUT2D eigenvalue weighted by Gasteiger charge is -2.33. The lowest BCUT2D eigenvalue weighted by atomic mass is 10.0. The minimum Gasteiger partial charge on any atom is -0.354 e. The van der Waals surface area contributed by atoms with E-state index in [-0.39, 0.29) is 0 Å². The highest BCUT2D eigenvalue weighted by atomic mass is 15.3. The molecule has 3 heteroatoms. The van der Waals surface area contributed by atoms with E-state index in [2.05, 4.69) is 67.7 Å². The fourth-order valence-electron chi connectivity index (χ4n) is 2.35. The van der Waals surface area contributed by atoms with Crippen molar-refractivity contribution in [3.05, 3.63) is 35.5 Å². The van der Waals surface area contributed by atoms with Crippen LogP contribution in [0.3, 0.4) is 0 Å². The molecule has 0 amide bonds. The molecule has 0 radical (unpaired) electrons. The van der Waals surface area contributed by atoms with E-state index in [4.69, 9.17) is 0 Å². The molecule has 1 fully saturated rings. The summed E-state index contributed by atoms with van der Waals surface area (Å²) in [4.78, 5) is 9.24. The Kier molecular flexibility index (Phi) is 12.3. The van der Waals surface area contributed by atoms with E-state index < -0.39 is 0 Å². The van der Waals surface area contributed by atoms with Crippen LogP contribution in [0.4, 0.5) is 5.82 Å². The van der Waals surface area contributed by atoms with Gasteiger partial charge < -0.3 is 9.80 Å². The van der Waals surface area contributed by atoms with E-state index in [1.165, 1.54) is 12.0 Å². The first-order chi connectivity index (χ1) is 11.5. The molecule has 1 aromatic rings. The monoisotopic (exact) mass is 333 g/mol.